The molecule has 1 aromatic heterocycles. The van der Waals surface area contributed by atoms with Crippen molar-refractivity contribution in [2.45, 2.75) is 19.2 Å². The van der Waals surface area contributed by atoms with Crippen LogP contribution in [0.15, 0.2) is 36.5 Å². The van der Waals surface area contributed by atoms with E-state index in [1.165, 1.54) is 23.1 Å². The van der Waals surface area contributed by atoms with Crippen molar-refractivity contribution in [3.8, 4) is 5.88 Å². The molecule has 3 rings (SSSR count). The minimum Gasteiger partial charge on any atom is -0.471 e. The highest BCUT2D eigenvalue weighted by atomic mass is 19.4. The Labute approximate surface area is 141 Å². The Hall–Kier alpha value is -2.64. The molecule has 0 atom stereocenters. The fourth-order valence-corrected chi connectivity index (χ4v) is 2.41. The van der Waals surface area contributed by atoms with Gasteiger partial charge in [-0.3, -0.25) is 4.79 Å². The number of amides is 1. The first kappa shape index (κ1) is 17.2. The molecule has 1 aliphatic rings. The molecule has 0 N–H and O–H groups in total. The molecule has 0 aliphatic carbocycles. The first-order valence-corrected chi connectivity index (χ1v) is 7.49. The number of aryl methyl sites for hydroxylation is 1. The first-order valence-electron chi connectivity index (χ1n) is 7.49. The standard InChI is InChI=1S/C17H14F4N2O2/c1-10-2-3-11(6-14(10)18)16(24)23-8-13(9-23)25-15-7-12(4-5-22-15)17(19,20)21/h2-7,13H,8-9H2,1H3. The number of halogens is 4. The van der Waals surface area contributed by atoms with Crippen molar-refractivity contribution in [2.24, 2.45) is 0 Å². The number of hydrogen-bond acceptors (Lipinski definition) is 3. The van der Waals surface area contributed by atoms with Gasteiger partial charge < -0.3 is 9.64 Å². The van der Waals surface area contributed by atoms with Gasteiger partial charge in [0.05, 0.1) is 18.7 Å². The number of alkyl halides is 3. The van der Waals surface area contributed by atoms with E-state index in [9.17, 15) is 22.4 Å². The fourth-order valence-electron chi connectivity index (χ4n) is 2.41. The smallest absolute Gasteiger partial charge is 0.416 e. The molecular formula is C17H14F4N2O2. The number of likely N-dealkylation sites (tertiary alicyclic amines) is 1. The topological polar surface area (TPSA) is 42.4 Å². The maximum atomic E-state index is 13.5. The van der Waals surface area contributed by atoms with E-state index in [4.69, 9.17) is 4.74 Å². The van der Waals surface area contributed by atoms with Gasteiger partial charge in [-0.1, -0.05) is 6.07 Å². The van der Waals surface area contributed by atoms with Crippen LogP contribution in [-0.4, -0.2) is 35.0 Å². The van der Waals surface area contributed by atoms with Crippen molar-refractivity contribution < 1.29 is 27.1 Å². The maximum Gasteiger partial charge on any atom is 0.416 e. The number of carbonyl (C=O) groups is 1. The molecule has 0 bridgehead atoms. The number of hydrogen-bond donors (Lipinski definition) is 0. The van der Waals surface area contributed by atoms with Crippen LogP contribution in [0.1, 0.15) is 21.5 Å². The molecule has 1 aliphatic heterocycles. The molecule has 0 saturated carbocycles. The van der Waals surface area contributed by atoms with Crippen LogP contribution < -0.4 is 4.74 Å². The van der Waals surface area contributed by atoms with Gasteiger partial charge >= 0.3 is 6.18 Å². The molecule has 1 saturated heterocycles. The third kappa shape index (κ3) is 3.72. The summed E-state index contributed by atoms with van der Waals surface area (Å²) in [6, 6.07) is 5.89. The summed E-state index contributed by atoms with van der Waals surface area (Å²) < 4.78 is 56.8. The maximum absolute atomic E-state index is 13.5. The monoisotopic (exact) mass is 354 g/mol. The first-order chi connectivity index (χ1) is 11.7. The summed E-state index contributed by atoms with van der Waals surface area (Å²) in [6.07, 6.45) is -3.90. The molecule has 0 radical (unpaired) electrons. The highest BCUT2D eigenvalue weighted by Gasteiger charge is 2.35. The van der Waals surface area contributed by atoms with Crippen LogP contribution in [0, 0.1) is 12.7 Å². The summed E-state index contributed by atoms with van der Waals surface area (Å²) in [5.41, 5.74) is -0.185. The van der Waals surface area contributed by atoms with Gasteiger partial charge in [0.15, 0.2) is 0 Å². The number of rotatable bonds is 3. The van der Waals surface area contributed by atoms with Crippen LogP contribution in [-0.2, 0) is 6.18 Å². The Morgan fingerprint density at radius 2 is 1.96 bits per heavy atom. The lowest BCUT2D eigenvalue weighted by atomic mass is 10.1. The zero-order valence-corrected chi connectivity index (χ0v) is 13.2. The highest BCUT2D eigenvalue weighted by molar-refractivity contribution is 5.94. The summed E-state index contributed by atoms with van der Waals surface area (Å²) in [7, 11) is 0. The van der Waals surface area contributed by atoms with E-state index in [1.807, 2.05) is 0 Å². The molecular weight excluding hydrogens is 340 g/mol. The predicted octanol–water partition coefficient (Wildman–Crippen LogP) is 3.45. The van der Waals surface area contributed by atoms with Crippen molar-refractivity contribution in [3.63, 3.8) is 0 Å². The van der Waals surface area contributed by atoms with E-state index in [1.54, 1.807) is 6.92 Å². The molecule has 0 unspecified atom stereocenters. The summed E-state index contributed by atoms with van der Waals surface area (Å²) in [5, 5.41) is 0. The number of carbonyl (C=O) groups excluding carboxylic acids is 1. The largest absolute Gasteiger partial charge is 0.471 e. The second kappa shape index (κ2) is 6.34. The average molecular weight is 354 g/mol. The van der Waals surface area contributed by atoms with Crippen LogP contribution in [0.3, 0.4) is 0 Å². The SMILES string of the molecule is Cc1ccc(C(=O)N2CC(Oc3cc(C(F)(F)F)ccn3)C2)cc1F. The average Bonchev–Trinajstić information content (AvgIpc) is 2.52. The molecule has 1 aromatic carbocycles. The minimum absolute atomic E-state index is 0.145. The van der Waals surface area contributed by atoms with Crippen LogP contribution in [0.25, 0.3) is 0 Å². The summed E-state index contributed by atoms with van der Waals surface area (Å²) >= 11 is 0. The van der Waals surface area contributed by atoms with Crippen LogP contribution in [0.5, 0.6) is 5.88 Å². The Morgan fingerprint density at radius 3 is 2.60 bits per heavy atom. The van der Waals surface area contributed by atoms with Gasteiger partial charge in [-0.05, 0) is 30.7 Å². The quantitative estimate of drug-likeness (QED) is 0.793. The van der Waals surface area contributed by atoms with E-state index in [0.29, 0.717) is 5.56 Å². The zero-order valence-electron chi connectivity index (χ0n) is 13.2. The van der Waals surface area contributed by atoms with Crippen LogP contribution in [0.4, 0.5) is 17.6 Å². The second-order valence-electron chi connectivity index (χ2n) is 5.79. The Morgan fingerprint density at radius 1 is 1.24 bits per heavy atom. The van der Waals surface area contributed by atoms with Crippen molar-refractivity contribution in [2.75, 3.05) is 13.1 Å². The molecule has 8 heteroatoms. The van der Waals surface area contributed by atoms with E-state index >= 15 is 0 Å². The molecule has 4 nitrogen and oxygen atoms in total. The Balaban J connectivity index is 1.59. The number of aromatic nitrogens is 1. The second-order valence-corrected chi connectivity index (χ2v) is 5.79. The third-order valence-electron chi connectivity index (χ3n) is 3.90. The van der Waals surface area contributed by atoms with Gasteiger partial charge in [0.2, 0.25) is 5.88 Å². The summed E-state index contributed by atoms with van der Waals surface area (Å²) in [5.74, 6) is -0.962. The third-order valence-corrected chi connectivity index (χ3v) is 3.90. The predicted molar refractivity (Wildman–Crippen MR) is 80.7 cm³/mol. The molecule has 0 spiro atoms. The van der Waals surface area contributed by atoms with E-state index in [-0.39, 0.29) is 30.4 Å². The van der Waals surface area contributed by atoms with E-state index < -0.39 is 23.7 Å². The van der Waals surface area contributed by atoms with E-state index in [2.05, 4.69) is 4.98 Å². The van der Waals surface area contributed by atoms with Crippen molar-refractivity contribution in [1.82, 2.24) is 9.88 Å². The molecule has 1 fully saturated rings. The molecule has 2 aromatic rings. The molecule has 2 heterocycles. The minimum atomic E-state index is -4.47. The normalized spacial score (nSPS) is 15.0. The lowest BCUT2D eigenvalue weighted by Crippen LogP contribution is -2.56. The number of ether oxygens (including phenoxy) is 1. The van der Waals surface area contributed by atoms with Gasteiger partial charge in [-0.15, -0.1) is 0 Å². The number of nitrogens with zero attached hydrogens (tertiary/aromatic N) is 2. The Kier molecular flexibility index (Phi) is 4.36. The van der Waals surface area contributed by atoms with Gasteiger partial charge in [-0.25, -0.2) is 9.37 Å². The van der Waals surface area contributed by atoms with Gasteiger partial charge in [-0.2, -0.15) is 13.2 Å². The van der Waals surface area contributed by atoms with Crippen molar-refractivity contribution in [3.05, 3.63) is 59.0 Å². The molecule has 1 amide bonds. The zero-order chi connectivity index (χ0) is 18.2. The van der Waals surface area contributed by atoms with E-state index in [0.717, 1.165) is 18.3 Å². The fraction of sp³-hybridized carbons (Fsp3) is 0.294. The molecule has 132 valence electrons. The highest BCUT2D eigenvalue weighted by Crippen LogP contribution is 2.31. The van der Waals surface area contributed by atoms with Crippen LogP contribution in [0.2, 0.25) is 0 Å². The lowest BCUT2D eigenvalue weighted by molar-refractivity contribution is -0.137. The van der Waals surface area contributed by atoms with Crippen LogP contribution >= 0.6 is 0 Å². The van der Waals surface area contributed by atoms with Gasteiger partial charge in [0.1, 0.15) is 11.9 Å². The summed E-state index contributed by atoms with van der Waals surface area (Å²) in [6.45, 7) is 2.00. The summed E-state index contributed by atoms with van der Waals surface area (Å²) in [4.78, 5) is 17.4. The Bertz CT molecular complexity index is 801. The number of benzene rings is 1. The molecule has 25 heavy (non-hydrogen) atoms. The number of pyridine rings is 1. The van der Waals surface area contributed by atoms with Gasteiger partial charge in [0, 0.05) is 17.8 Å². The van der Waals surface area contributed by atoms with Gasteiger partial charge in [0.25, 0.3) is 5.91 Å². The van der Waals surface area contributed by atoms with Crippen molar-refractivity contribution in [1.29, 1.82) is 0 Å². The lowest BCUT2D eigenvalue weighted by Gasteiger charge is -2.38. The van der Waals surface area contributed by atoms with Crippen molar-refractivity contribution >= 4 is 5.91 Å².